The number of hydrogen-bond acceptors (Lipinski definition) is 2. The van der Waals surface area contributed by atoms with Gasteiger partial charge in [-0.3, -0.25) is 0 Å². The molecule has 0 aromatic carbocycles. The first-order valence-corrected chi connectivity index (χ1v) is 3.42. The molecule has 0 aliphatic carbocycles. The predicted molar refractivity (Wildman–Crippen MR) is 44.1 cm³/mol. The molecule has 0 aromatic heterocycles. The molecule has 2 heteroatoms. The maximum absolute atomic E-state index is 4.50. The molecule has 0 spiro atoms. The van der Waals surface area contributed by atoms with Crippen LogP contribution in [0, 0.1) is 0 Å². The SMILES string of the molecule is C1CO1.C=CCNCC=C. The number of rotatable bonds is 4. The third-order valence-corrected chi connectivity index (χ3v) is 0.781. The smallest absolute Gasteiger partial charge is 0.0701 e. The fourth-order valence-electron chi connectivity index (χ4n) is 0.287. The van der Waals surface area contributed by atoms with Crippen LogP contribution in [0.1, 0.15) is 0 Å². The van der Waals surface area contributed by atoms with E-state index in [2.05, 4.69) is 23.2 Å². The molecule has 1 rings (SSSR count). The third-order valence-electron chi connectivity index (χ3n) is 0.781. The first kappa shape index (κ1) is 9.40. The van der Waals surface area contributed by atoms with Crippen molar-refractivity contribution in [1.82, 2.24) is 5.32 Å². The van der Waals surface area contributed by atoms with Crippen LogP contribution in [0.25, 0.3) is 0 Å². The van der Waals surface area contributed by atoms with Crippen molar-refractivity contribution < 1.29 is 4.74 Å². The molecule has 1 heterocycles. The molecule has 0 radical (unpaired) electrons. The Morgan fingerprint density at radius 2 is 1.60 bits per heavy atom. The van der Waals surface area contributed by atoms with Crippen LogP contribution in [0.3, 0.4) is 0 Å². The molecule has 0 amide bonds. The average Bonchev–Trinajstić information content (AvgIpc) is 2.73. The minimum absolute atomic E-state index is 0.867. The lowest BCUT2D eigenvalue weighted by molar-refractivity contribution is 0.475. The summed E-state index contributed by atoms with van der Waals surface area (Å²) in [6.07, 6.45) is 3.65. The summed E-state index contributed by atoms with van der Waals surface area (Å²) in [4.78, 5) is 0. The van der Waals surface area contributed by atoms with Crippen LogP contribution < -0.4 is 5.32 Å². The van der Waals surface area contributed by atoms with Crippen LogP contribution >= 0.6 is 0 Å². The molecule has 0 saturated carbocycles. The van der Waals surface area contributed by atoms with Gasteiger partial charge in [-0.1, -0.05) is 12.2 Å². The standard InChI is InChI=1S/C6H11N.C2H4O/c1-3-5-7-6-4-2;1-2-3-1/h3-4,7H,1-2,5-6H2;1-2H2. The van der Waals surface area contributed by atoms with Crippen LogP contribution in [0.4, 0.5) is 0 Å². The molecule has 10 heavy (non-hydrogen) atoms. The maximum atomic E-state index is 4.50. The summed E-state index contributed by atoms with van der Waals surface area (Å²) < 4.78 is 4.50. The lowest BCUT2D eigenvalue weighted by Crippen LogP contribution is -2.11. The van der Waals surface area contributed by atoms with Crippen molar-refractivity contribution in [2.24, 2.45) is 0 Å². The van der Waals surface area contributed by atoms with Gasteiger partial charge >= 0.3 is 0 Å². The Kier molecular flexibility index (Phi) is 7.90. The second kappa shape index (κ2) is 8.40. The molecule has 0 aromatic rings. The van der Waals surface area contributed by atoms with E-state index in [-0.39, 0.29) is 0 Å². The van der Waals surface area contributed by atoms with Gasteiger partial charge in [-0.05, 0) is 0 Å². The highest BCUT2D eigenvalue weighted by Gasteiger charge is 1.94. The monoisotopic (exact) mass is 141 g/mol. The van der Waals surface area contributed by atoms with Crippen molar-refractivity contribution in [2.45, 2.75) is 0 Å². The summed E-state index contributed by atoms with van der Waals surface area (Å²) in [5.74, 6) is 0. The van der Waals surface area contributed by atoms with Gasteiger partial charge in [-0.15, -0.1) is 13.2 Å². The van der Waals surface area contributed by atoms with Crippen molar-refractivity contribution in [3.63, 3.8) is 0 Å². The zero-order valence-electron chi connectivity index (χ0n) is 6.31. The lowest BCUT2D eigenvalue weighted by Gasteiger charge is -1.90. The number of hydrogen-bond donors (Lipinski definition) is 1. The van der Waals surface area contributed by atoms with E-state index in [1.807, 2.05) is 12.2 Å². The molecule has 1 fully saturated rings. The van der Waals surface area contributed by atoms with E-state index >= 15 is 0 Å². The molecular formula is C8H15NO. The quantitative estimate of drug-likeness (QED) is 0.358. The first-order valence-electron chi connectivity index (χ1n) is 3.42. The Balaban J connectivity index is 0.000000219. The topological polar surface area (TPSA) is 24.6 Å². The molecule has 1 aliphatic rings. The van der Waals surface area contributed by atoms with E-state index in [0.717, 1.165) is 26.3 Å². The van der Waals surface area contributed by atoms with Crippen molar-refractivity contribution in [3.05, 3.63) is 25.3 Å². The van der Waals surface area contributed by atoms with Crippen LogP contribution in [0.2, 0.25) is 0 Å². The van der Waals surface area contributed by atoms with E-state index < -0.39 is 0 Å². The molecule has 58 valence electrons. The molecule has 1 aliphatic heterocycles. The molecule has 1 N–H and O–H groups in total. The molecule has 0 bridgehead atoms. The zero-order valence-corrected chi connectivity index (χ0v) is 6.31. The molecular weight excluding hydrogens is 126 g/mol. The maximum Gasteiger partial charge on any atom is 0.0701 e. The fourth-order valence-corrected chi connectivity index (χ4v) is 0.287. The largest absolute Gasteiger partial charge is 0.377 e. The Hall–Kier alpha value is -0.600. The van der Waals surface area contributed by atoms with Gasteiger partial charge in [0.1, 0.15) is 0 Å². The van der Waals surface area contributed by atoms with Gasteiger partial charge in [0.25, 0.3) is 0 Å². The van der Waals surface area contributed by atoms with E-state index in [4.69, 9.17) is 0 Å². The Labute approximate surface area is 62.6 Å². The molecule has 2 nitrogen and oxygen atoms in total. The Morgan fingerprint density at radius 3 is 1.80 bits per heavy atom. The molecule has 1 saturated heterocycles. The van der Waals surface area contributed by atoms with Gasteiger partial charge in [0.2, 0.25) is 0 Å². The van der Waals surface area contributed by atoms with E-state index in [9.17, 15) is 0 Å². The lowest BCUT2D eigenvalue weighted by atomic mass is 10.5. The van der Waals surface area contributed by atoms with Crippen molar-refractivity contribution in [2.75, 3.05) is 26.3 Å². The number of nitrogens with one attached hydrogen (secondary N) is 1. The van der Waals surface area contributed by atoms with E-state index in [1.165, 1.54) is 0 Å². The van der Waals surface area contributed by atoms with Crippen molar-refractivity contribution >= 4 is 0 Å². The minimum atomic E-state index is 0.867. The average molecular weight is 141 g/mol. The van der Waals surface area contributed by atoms with E-state index in [1.54, 1.807) is 0 Å². The Morgan fingerprint density at radius 1 is 1.20 bits per heavy atom. The van der Waals surface area contributed by atoms with E-state index in [0.29, 0.717) is 0 Å². The highest BCUT2D eigenvalue weighted by atomic mass is 16.6. The number of ether oxygens (including phenoxy) is 1. The first-order chi connectivity index (χ1) is 4.91. The summed E-state index contributed by atoms with van der Waals surface area (Å²) in [6, 6.07) is 0. The highest BCUT2D eigenvalue weighted by molar-refractivity contribution is 4.75. The van der Waals surface area contributed by atoms with Gasteiger partial charge in [0.15, 0.2) is 0 Å². The second-order valence-corrected chi connectivity index (χ2v) is 1.85. The van der Waals surface area contributed by atoms with Gasteiger partial charge in [-0.25, -0.2) is 0 Å². The van der Waals surface area contributed by atoms with Crippen molar-refractivity contribution in [3.8, 4) is 0 Å². The van der Waals surface area contributed by atoms with Crippen LogP contribution in [0.5, 0.6) is 0 Å². The fraction of sp³-hybridized carbons (Fsp3) is 0.500. The molecule has 0 atom stereocenters. The van der Waals surface area contributed by atoms with Gasteiger partial charge in [-0.2, -0.15) is 0 Å². The third kappa shape index (κ3) is 15.7. The summed E-state index contributed by atoms with van der Waals surface area (Å²) >= 11 is 0. The van der Waals surface area contributed by atoms with Crippen molar-refractivity contribution in [1.29, 1.82) is 0 Å². The Bertz CT molecular complexity index is 78.5. The van der Waals surface area contributed by atoms with Gasteiger partial charge in [0.05, 0.1) is 13.2 Å². The number of epoxide rings is 1. The summed E-state index contributed by atoms with van der Waals surface area (Å²) in [7, 11) is 0. The molecule has 0 unspecified atom stereocenters. The van der Waals surface area contributed by atoms with Crippen LogP contribution in [0.15, 0.2) is 25.3 Å². The van der Waals surface area contributed by atoms with Crippen LogP contribution in [-0.4, -0.2) is 26.3 Å². The zero-order chi connectivity index (χ0) is 7.66. The van der Waals surface area contributed by atoms with Gasteiger partial charge < -0.3 is 10.1 Å². The predicted octanol–water partition coefficient (Wildman–Crippen LogP) is 0.965. The second-order valence-electron chi connectivity index (χ2n) is 1.85. The van der Waals surface area contributed by atoms with Gasteiger partial charge in [0, 0.05) is 13.1 Å². The minimum Gasteiger partial charge on any atom is -0.377 e. The highest BCUT2D eigenvalue weighted by Crippen LogP contribution is 1.84. The summed E-state index contributed by atoms with van der Waals surface area (Å²) in [6.45, 7) is 10.8. The normalized spacial score (nSPS) is 12.8. The summed E-state index contributed by atoms with van der Waals surface area (Å²) in [5, 5.41) is 3.05. The van der Waals surface area contributed by atoms with Crippen LogP contribution in [-0.2, 0) is 4.74 Å². The summed E-state index contributed by atoms with van der Waals surface area (Å²) in [5.41, 5.74) is 0.